The number of aromatic hydroxyl groups is 1. The summed E-state index contributed by atoms with van der Waals surface area (Å²) in [7, 11) is 0. The number of benzene rings is 3. The number of carbonyl (C=O) groups excluding carboxylic acids is 1. The number of carbonyl (C=O) groups is 1. The highest BCUT2D eigenvalue weighted by Crippen LogP contribution is 2.26. The Hall–Kier alpha value is -3.27. The van der Waals surface area contributed by atoms with Gasteiger partial charge in [0.05, 0.1) is 12.6 Å². The van der Waals surface area contributed by atoms with Gasteiger partial charge < -0.3 is 9.84 Å². The molecule has 27 heavy (non-hydrogen) atoms. The van der Waals surface area contributed by atoms with Gasteiger partial charge in [-0.25, -0.2) is 4.79 Å². The molecule has 0 bridgehead atoms. The smallest absolute Gasteiger partial charge is 0.410 e. The van der Waals surface area contributed by atoms with Crippen molar-refractivity contribution in [3.8, 4) is 5.75 Å². The van der Waals surface area contributed by atoms with Gasteiger partial charge in [-0.2, -0.15) is 0 Å². The lowest BCUT2D eigenvalue weighted by Gasteiger charge is -2.29. The zero-order valence-corrected chi connectivity index (χ0v) is 15.3. The molecule has 0 heterocycles. The Morgan fingerprint density at radius 2 is 1.52 bits per heavy atom. The second-order valence-corrected chi connectivity index (χ2v) is 6.38. The van der Waals surface area contributed by atoms with Gasteiger partial charge in [0.15, 0.2) is 0 Å². The van der Waals surface area contributed by atoms with Crippen molar-refractivity contribution >= 4 is 6.09 Å². The second kappa shape index (κ2) is 8.90. The van der Waals surface area contributed by atoms with Crippen LogP contribution < -0.4 is 0 Å². The summed E-state index contributed by atoms with van der Waals surface area (Å²) in [6.07, 6.45) is -0.418. The molecule has 0 spiro atoms. The van der Waals surface area contributed by atoms with E-state index in [0.717, 1.165) is 11.1 Å². The zero-order valence-electron chi connectivity index (χ0n) is 15.3. The number of amides is 1. The number of hydrogen-bond acceptors (Lipinski definition) is 3. The van der Waals surface area contributed by atoms with Gasteiger partial charge in [0.2, 0.25) is 0 Å². The average molecular weight is 361 g/mol. The molecule has 4 heteroatoms. The molecule has 1 atom stereocenters. The topological polar surface area (TPSA) is 49.8 Å². The van der Waals surface area contributed by atoms with Crippen molar-refractivity contribution in [2.24, 2.45) is 0 Å². The number of para-hydroxylation sites is 1. The van der Waals surface area contributed by atoms with Crippen molar-refractivity contribution in [3.05, 3.63) is 102 Å². The maximum Gasteiger partial charge on any atom is 0.410 e. The molecule has 1 unspecified atom stereocenters. The Kier molecular flexibility index (Phi) is 6.10. The van der Waals surface area contributed by atoms with Crippen LogP contribution in [0.3, 0.4) is 0 Å². The number of phenols is 1. The molecular weight excluding hydrogens is 338 g/mol. The number of rotatable bonds is 6. The van der Waals surface area contributed by atoms with E-state index in [1.165, 1.54) is 0 Å². The minimum Gasteiger partial charge on any atom is -0.508 e. The summed E-state index contributed by atoms with van der Waals surface area (Å²) in [5.41, 5.74) is 2.61. The van der Waals surface area contributed by atoms with E-state index in [9.17, 15) is 9.90 Å². The van der Waals surface area contributed by atoms with E-state index in [-0.39, 0.29) is 24.9 Å². The van der Waals surface area contributed by atoms with Gasteiger partial charge >= 0.3 is 6.09 Å². The van der Waals surface area contributed by atoms with E-state index < -0.39 is 6.09 Å². The van der Waals surface area contributed by atoms with Crippen LogP contribution in [0.25, 0.3) is 0 Å². The molecule has 138 valence electrons. The van der Waals surface area contributed by atoms with Crippen LogP contribution in [-0.2, 0) is 17.9 Å². The van der Waals surface area contributed by atoms with Gasteiger partial charge in [-0.3, -0.25) is 4.90 Å². The molecule has 3 rings (SSSR count). The van der Waals surface area contributed by atoms with Crippen molar-refractivity contribution in [2.75, 3.05) is 0 Å². The molecule has 0 radical (unpaired) electrons. The van der Waals surface area contributed by atoms with Crippen molar-refractivity contribution in [1.82, 2.24) is 4.90 Å². The standard InChI is InChI=1S/C23H23NO3/c1-18(20-12-6-3-7-13-20)24(16-21-14-8-9-15-22(21)25)23(26)27-17-19-10-4-2-5-11-19/h2-15,18,25H,16-17H2,1H3. The highest BCUT2D eigenvalue weighted by atomic mass is 16.6. The highest BCUT2D eigenvalue weighted by Gasteiger charge is 2.24. The molecule has 1 N–H and O–H groups in total. The Morgan fingerprint density at radius 1 is 0.926 bits per heavy atom. The molecule has 0 fully saturated rings. The second-order valence-electron chi connectivity index (χ2n) is 6.38. The van der Waals surface area contributed by atoms with E-state index in [0.29, 0.717) is 5.56 Å². The van der Waals surface area contributed by atoms with Gasteiger partial charge in [0.1, 0.15) is 12.4 Å². The summed E-state index contributed by atoms with van der Waals surface area (Å²) in [5.74, 6) is 0.165. The molecule has 0 saturated heterocycles. The van der Waals surface area contributed by atoms with E-state index >= 15 is 0 Å². The molecule has 3 aromatic rings. The quantitative estimate of drug-likeness (QED) is 0.649. The van der Waals surface area contributed by atoms with Crippen LogP contribution in [0.1, 0.15) is 29.7 Å². The lowest BCUT2D eigenvalue weighted by molar-refractivity contribution is 0.0795. The first-order chi connectivity index (χ1) is 13.1. The van der Waals surface area contributed by atoms with Crippen molar-refractivity contribution < 1.29 is 14.6 Å². The molecule has 0 saturated carbocycles. The van der Waals surface area contributed by atoms with Gasteiger partial charge in [0.25, 0.3) is 0 Å². The molecule has 0 aliphatic rings. The lowest BCUT2D eigenvalue weighted by atomic mass is 10.1. The first-order valence-electron chi connectivity index (χ1n) is 8.94. The van der Waals surface area contributed by atoms with Crippen LogP contribution in [0, 0.1) is 0 Å². The van der Waals surface area contributed by atoms with Crippen LogP contribution in [0.5, 0.6) is 5.75 Å². The summed E-state index contributed by atoms with van der Waals surface area (Å²) in [5, 5.41) is 10.1. The summed E-state index contributed by atoms with van der Waals surface area (Å²) in [6, 6.07) is 26.2. The predicted octanol–water partition coefficient (Wildman–Crippen LogP) is 5.29. The summed E-state index contributed by atoms with van der Waals surface area (Å²) >= 11 is 0. The van der Waals surface area contributed by atoms with E-state index in [4.69, 9.17) is 4.74 Å². The molecule has 0 aromatic heterocycles. The summed E-state index contributed by atoms with van der Waals surface area (Å²) in [4.78, 5) is 14.5. The largest absolute Gasteiger partial charge is 0.508 e. The minimum absolute atomic E-state index is 0.165. The van der Waals surface area contributed by atoms with Gasteiger partial charge in [-0.1, -0.05) is 78.9 Å². The highest BCUT2D eigenvalue weighted by molar-refractivity contribution is 5.68. The fraction of sp³-hybridized carbons (Fsp3) is 0.174. The molecule has 3 aromatic carbocycles. The predicted molar refractivity (Wildman–Crippen MR) is 105 cm³/mol. The van der Waals surface area contributed by atoms with Crippen molar-refractivity contribution in [3.63, 3.8) is 0 Å². The molecule has 0 aliphatic carbocycles. The molecule has 4 nitrogen and oxygen atoms in total. The van der Waals surface area contributed by atoms with Crippen LogP contribution in [0.15, 0.2) is 84.9 Å². The normalized spacial score (nSPS) is 11.6. The number of hydrogen-bond donors (Lipinski definition) is 1. The third-order valence-corrected chi connectivity index (χ3v) is 4.52. The Labute approximate surface area is 159 Å². The zero-order chi connectivity index (χ0) is 19.1. The molecular formula is C23H23NO3. The van der Waals surface area contributed by atoms with Gasteiger partial charge in [-0.05, 0) is 24.1 Å². The van der Waals surface area contributed by atoms with Crippen molar-refractivity contribution in [1.29, 1.82) is 0 Å². The van der Waals surface area contributed by atoms with Gasteiger partial charge in [-0.15, -0.1) is 0 Å². The fourth-order valence-corrected chi connectivity index (χ4v) is 2.90. The van der Waals surface area contributed by atoms with Crippen LogP contribution in [0.4, 0.5) is 4.79 Å². The maximum atomic E-state index is 12.9. The van der Waals surface area contributed by atoms with Gasteiger partial charge in [0, 0.05) is 5.56 Å². The minimum atomic E-state index is -0.418. The average Bonchev–Trinajstić information content (AvgIpc) is 2.72. The summed E-state index contributed by atoms with van der Waals surface area (Å²) in [6.45, 7) is 2.42. The third-order valence-electron chi connectivity index (χ3n) is 4.52. The fourth-order valence-electron chi connectivity index (χ4n) is 2.90. The van der Waals surface area contributed by atoms with Crippen LogP contribution in [-0.4, -0.2) is 16.1 Å². The monoisotopic (exact) mass is 361 g/mol. The van der Waals surface area contributed by atoms with Crippen LogP contribution in [0.2, 0.25) is 0 Å². The maximum absolute atomic E-state index is 12.9. The number of phenolic OH excluding ortho intramolecular Hbond substituents is 1. The summed E-state index contributed by atoms with van der Waals surface area (Å²) < 4.78 is 5.55. The first-order valence-corrected chi connectivity index (χ1v) is 8.94. The lowest BCUT2D eigenvalue weighted by Crippen LogP contribution is -2.33. The van der Waals surface area contributed by atoms with E-state index in [1.54, 1.807) is 17.0 Å². The Morgan fingerprint density at radius 3 is 2.19 bits per heavy atom. The molecule has 0 aliphatic heterocycles. The SMILES string of the molecule is CC(c1ccccc1)N(Cc1ccccc1O)C(=O)OCc1ccccc1. The van der Waals surface area contributed by atoms with E-state index in [1.807, 2.05) is 79.7 Å². The van der Waals surface area contributed by atoms with Crippen LogP contribution >= 0.6 is 0 Å². The Bertz CT molecular complexity index is 865. The first kappa shape index (κ1) is 18.5. The van der Waals surface area contributed by atoms with E-state index in [2.05, 4.69) is 0 Å². The number of nitrogens with zero attached hydrogens (tertiary/aromatic N) is 1. The third kappa shape index (κ3) is 4.88. The van der Waals surface area contributed by atoms with Crippen molar-refractivity contribution in [2.45, 2.75) is 26.1 Å². The molecule has 1 amide bonds. The Balaban J connectivity index is 1.80. The number of ether oxygens (including phenoxy) is 1.